The summed E-state index contributed by atoms with van der Waals surface area (Å²) in [5, 5.41) is 10.2. The van der Waals surface area contributed by atoms with Gasteiger partial charge in [-0.15, -0.1) is 11.3 Å². The van der Waals surface area contributed by atoms with Gasteiger partial charge in [0, 0.05) is 13.5 Å². The van der Waals surface area contributed by atoms with Gasteiger partial charge in [0.1, 0.15) is 5.01 Å². The van der Waals surface area contributed by atoms with Crippen molar-refractivity contribution in [3.8, 4) is 0 Å². The fourth-order valence-corrected chi connectivity index (χ4v) is 3.79. The third kappa shape index (κ3) is 2.70. The first-order valence-electron chi connectivity index (χ1n) is 7.32. The van der Waals surface area contributed by atoms with Crippen LogP contribution < -0.4 is 0 Å². The van der Waals surface area contributed by atoms with Crippen molar-refractivity contribution in [1.29, 1.82) is 0 Å². The van der Waals surface area contributed by atoms with Crippen LogP contribution in [0.25, 0.3) is 10.2 Å². The molecule has 0 radical (unpaired) electrons. The van der Waals surface area contributed by atoms with Crippen LogP contribution in [0.3, 0.4) is 0 Å². The second-order valence-electron chi connectivity index (χ2n) is 5.94. The molecule has 1 heterocycles. The molecule has 22 heavy (non-hydrogen) atoms. The number of hydrogen-bond acceptors (Lipinski definition) is 4. The van der Waals surface area contributed by atoms with E-state index in [1.165, 1.54) is 0 Å². The van der Waals surface area contributed by atoms with Crippen LogP contribution in [0.4, 0.5) is 0 Å². The number of aromatic nitrogens is 1. The molecule has 1 saturated carbocycles. The summed E-state index contributed by atoms with van der Waals surface area (Å²) in [5.74, 6) is -0.971. The number of para-hydroxylation sites is 1. The van der Waals surface area contributed by atoms with E-state index < -0.39 is 11.4 Å². The first-order chi connectivity index (χ1) is 10.5. The minimum atomic E-state index is -0.847. The Bertz CT molecular complexity index is 688. The summed E-state index contributed by atoms with van der Waals surface area (Å²) < 4.78 is 1.10. The fourth-order valence-electron chi connectivity index (χ4n) is 2.77. The Morgan fingerprint density at radius 1 is 1.36 bits per heavy atom. The molecule has 1 amide bonds. The normalized spacial score (nSPS) is 16.2. The van der Waals surface area contributed by atoms with E-state index in [0.717, 1.165) is 21.6 Å². The molecule has 3 rings (SSSR count). The summed E-state index contributed by atoms with van der Waals surface area (Å²) in [6.45, 7) is 0.424. The molecule has 0 atom stereocenters. The van der Waals surface area contributed by atoms with Crippen LogP contribution in [0.1, 0.15) is 30.7 Å². The molecule has 5 nitrogen and oxygen atoms in total. The molecular weight excluding hydrogens is 300 g/mol. The Hall–Kier alpha value is -1.95. The molecule has 116 valence electrons. The van der Waals surface area contributed by atoms with Crippen molar-refractivity contribution < 1.29 is 14.7 Å². The molecule has 1 aromatic carbocycles. The van der Waals surface area contributed by atoms with E-state index in [0.29, 0.717) is 19.4 Å². The number of nitrogens with zero attached hydrogens (tertiary/aromatic N) is 2. The molecule has 1 aliphatic rings. The third-order valence-electron chi connectivity index (χ3n) is 4.39. The molecular formula is C16H18N2O3S. The standard InChI is InChI=1S/C16H18N2O3S/c1-18(14(19)9-16(15(20)21)7-4-8-16)10-13-17-11-5-2-3-6-12(11)22-13/h2-3,5-6H,4,7-10H2,1H3,(H,20,21). The lowest BCUT2D eigenvalue weighted by atomic mass is 9.66. The number of rotatable bonds is 5. The Kier molecular flexibility index (Phi) is 3.87. The molecule has 6 heteroatoms. The lowest BCUT2D eigenvalue weighted by molar-refractivity contribution is -0.159. The van der Waals surface area contributed by atoms with Crippen molar-refractivity contribution in [3.05, 3.63) is 29.3 Å². The maximum absolute atomic E-state index is 12.3. The molecule has 0 unspecified atom stereocenters. The van der Waals surface area contributed by atoms with Gasteiger partial charge in [0.15, 0.2) is 0 Å². The minimum absolute atomic E-state index is 0.0870. The smallest absolute Gasteiger partial charge is 0.310 e. The van der Waals surface area contributed by atoms with Gasteiger partial charge in [-0.1, -0.05) is 18.6 Å². The molecule has 1 aromatic heterocycles. The quantitative estimate of drug-likeness (QED) is 0.920. The zero-order valence-electron chi connectivity index (χ0n) is 12.4. The summed E-state index contributed by atoms with van der Waals surface area (Å²) in [6, 6.07) is 7.86. The molecule has 1 fully saturated rings. The van der Waals surface area contributed by atoms with E-state index >= 15 is 0 Å². The van der Waals surface area contributed by atoms with Crippen molar-refractivity contribution in [1.82, 2.24) is 9.88 Å². The van der Waals surface area contributed by atoms with E-state index in [9.17, 15) is 14.7 Å². The van der Waals surface area contributed by atoms with E-state index in [-0.39, 0.29) is 12.3 Å². The van der Waals surface area contributed by atoms with Gasteiger partial charge in [0.05, 0.1) is 22.2 Å². The van der Waals surface area contributed by atoms with Gasteiger partial charge < -0.3 is 10.0 Å². The van der Waals surface area contributed by atoms with Crippen LogP contribution in [0.2, 0.25) is 0 Å². The highest BCUT2D eigenvalue weighted by Gasteiger charge is 2.46. The van der Waals surface area contributed by atoms with E-state index in [1.54, 1.807) is 23.3 Å². The largest absolute Gasteiger partial charge is 0.481 e. The Morgan fingerprint density at radius 2 is 2.09 bits per heavy atom. The second-order valence-corrected chi connectivity index (χ2v) is 7.06. The summed E-state index contributed by atoms with van der Waals surface area (Å²) >= 11 is 1.57. The zero-order valence-corrected chi connectivity index (χ0v) is 13.2. The van der Waals surface area contributed by atoms with Crippen LogP contribution in [-0.4, -0.2) is 33.9 Å². The van der Waals surface area contributed by atoms with Gasteiger partial charge in [0.2, 0.25) is 5.91 Å². The molecule has 0 aliphatic heterocycles. The van der Waals surface area contributed by atoms with Gasteiger partial charge in [-0.2, -0.15) is 0 Å². The third-order valence-corrected chi connectivity index (χ3v) is 5.41. The molecule has 0 saturated heterocycles. The maximum atomic E-state index is 12.3. The number of benzene rings is 1. The topological polar surface area (TPSA) is 70.5 Å². The van der Waals surface area contributed by atoms with E-state index in [2.05, 4.69) is 4.98 Å². The van der Waals surface area contributed by atoms with Crippen molar-refractivity contribution in [2.24, 2.45) is 5.41 Å². The molecule has 0 bridgehead atoms. The number of aliphatic carboxylic acids is 1. The van der Waals surface area contributed by atoms with E-state index in [1.807, 2.05) is 24.3 Å². The maximum Gasteiger partial charge on any atom is 0.310 e. The van der Waals surface area contributed by atoms with Crippen LogP contribution in [0.5, 0.6) is 0 Å². The fraction of sp³-hybridized carbons (Fsp3) is 0.438. The van der Waals surface area contributed by atoms with Crippen molar-refractivity contribution >= 4 is 33.4 Å². The van der Waals surface area contributed by atoms with Crippen molar-refractivity contribution in [2.45, 2.75) is 32.2 Å². The number of carboxylic acid groups (broad SMARTS) is 1. The van der Waals surface area contributed by atoms with Crippen LogP contribution >= 0.6 is 11.3 Å². The Labute approximate surface area is 132 Å². The first kappa shape index (κ1) is 15.0. The predicted octanol–water partition coefficient (Wildman–Crippen LogP) is 2.90. The lowest BCUT2D eigenvalue weighted by Crippen LogP contribution is -2.42. The minimum Gasteiger partial charge on any atom is -0.481 e. The van der Waals surface area contributed by atoms with Crippen molar-refractivity contribution in [3.63, 3.8) is 0 Å². The molecule has 0 spiro atoms. The average Bonchev–Trinajstić information content (AvgIpc) is 2.84. The summed E-state index contributed by atoms with van der Waals surface area (Å²) in [5.41, 5.74) is 0.100. The molecule has 2 aromatic rings. The summed E-state index contributed by atoms with van der Waals surface area (Å²) in [6.07, 6.45) is 2.18. The van der Waals surface area contributed by atoms with Crippen LogP contribution in [-0.2, 0) is 16.1 Å². The molecule has 1 aliphatic carbocycles. The highest BCUT2D eigenvalue weighted by Crippen LogP contribution is 2.44. The first-order valence-corrected chi connectivity index (χ1v) is 8.14. The number of carbonyl (C=O) groups excluding carboxylic acids is 1. The number of thiazole rings is 1. The SMILES string of the molecule is CN(Cc1nc2ccccc2s1)C(=O)CC1(C(=O)O)CCC1. The Balaban J connectivity index is 1.67. The summed E-state index contributed by atoms with van der Waals surface area (Å²) in [4.78, 5) is 29.8. The van der Waals surface area contributed by atoms with Gasteiger partial charge in [0.25, 0.3) is 0 Å². The van der Waals surface area contributed by atoms with Crippen LogP contribution in [0.15, 0.2) is 24.3 Å². The number of fused-ring (bicyclic) bond motifs is 1. The number of carbonyl (C=O) groups is 2. The monoisotopic (exact) mass is 318 g/mol. The lowest BCUT2D eigenvalue weighted by Gasteiger charge is -2.37. The predicted molar refractivity (Wildman–Crippen MR) is 84.6 cm³/mol. The number of carboxylic acids is 1. The number of amides is 1. The highest BCUT2D eigenvalue weighted by molar-refractivity contribution is 7.18. The van der Waals surface area contributed by atoms with Gasteiger partial charge >= 0.3 is 5.97 Å². The Morgan fingerprint density at radius 3 is 2.68 bits per heavy atom. The zero-order chi connectivity index (χ0) is 15.7. The van der Waals surface area contributed by atoms with Crippen molar-refractivity contribution in [2.75, 3.05) is 7.05 Å². The summed E-state index contributed by atoms with van der Waals surface area (Å²) in [7, 11) is 1.71. The average molecular weight is 318 g/mol. The van der Waals surface area contributed by atoms with Gasteiger partial charge in [-0.3, -0.25) is 9.59 Å². The highest BCUT2D eigenvalue weighted by atomic mass is 32.1. The van der Waals surface area contributed by atoms with Gasteiger partial charge in [-0.05, 0) is 25.0 Å². The second kappa shape index (κ2) is 5.68. The number of hydrogen-bond donors (Lipinski definition) is 1. The van der Waals surface area contributed by atoms with Crippen LogP contribution in [0, 0.1) is 5.41 Å². The molecule has 1 N–H and O–H groups in total. The van der Waals surface area contributed by atoms with Gasteiger partial charge in [-0.25, -0.2) is 4.98 Å². The van der Waals surface area contributed by atoms with E-state index in [4.69, 9.17) is 0 Å².